The lowest BCUT2D eigenvalue weighted by atomic mass is 10.2. The minimum Gasteiger partial charge on any atom is -0.384 e. The second-order valence-corrected chi connectivity index (χ2v) is 3.50. The predicted octanol–water partition coefficient (Wildman–Crippen LogP) is 0.833. The van der Waals surface area contributed by atoms with Gasteiger partial charge >= 0.3 is 0 Å². The first-order valence-electron chi connectivity index (χ1n) is 5.04. The van der Waals surface area contributed by atoms with E-state index in [-0.39, 0.29) is 5.95 Å². The van der Waals surface area contributed by atoms with Gasteiger partial charge in [0, 0.05) is 23.9 Å². The van der Waals surface area contributed by atoms with Gasteiger partial charge in [0.1, 0.15) is 5.82 Å². The molecule has 0 fully saturated rings. The molecule has 0 amide bonds. The van der Waals surface area contributed by atoms with Crippen LogP contribution >= 0.6 is 0 Å². The molecule has 0 saturated heterocycles. The molecule has 0 unspecified atom stereocenters. The van der Waals surface area contributed by atoms with Crippen molar-refractivity contribution in [2.75, 3.05) is 11.5 Å². The maximum absolute atomic E-state index is 5.63. The Labute approximate surface area is 93.3 Å². The highest BCUT2D eigenvalue weighted by Gasteiger charge is 2.10. The summed E-state index contributed by atoms with van der Waals surface area (Å²) in [5.41, 5.74) is 13.9. The van der Waals surface area contributed by atoms with Gasteiger partial charge in [-0.25, -0.2) is 4.98 Å². The molecule has 16 heavy (non-hydrogen) atoms. The van der Waals surface area contributed by atoms with E-state index in [9.17, 15) is 0 Å². The molecule has 84 valence electrons. The van der Waals surface area contributed by atoms with Gasteiger partial charge in [-0.2, -0.15) is 10.1 Å². The van der Waals surface area contributed by atoms with Gasteiger partial charge in [0.05, 0.1) is 11.9 Å². The molecule has 0 aliphatic rings. The van der Waals surface area contributed by atoms with E-state index >= 15 is 0 Å². The van der Waals surface area contributed by atoms with Crippen LogP contribution in [0.3, 0.4) is 0 Å². The highest BCUT2D eigenvalue weighted by atomic mass is 15.3. The topological polar surface area (TPSA) is 95.6 Å². The molecule has 0 saturated carbocycles. The summed E-state index contributed by atoms with van der Waals surface area (Å²) in [5, 5.41) is 4.24. The van der Waals surface area contributed by atoms with Crippen LogP contribution in [0.5, 0.6) is 0 Å². The minimum absolute atomic E-state index is 0.179. The van der Waals surface area contributed by atoms with E-state index in [1.165, 1.54) is 0 Å². The molecule has 2 aromatic heterocycles. The summed E-state index contributed by atoms with van der Waals surface area (Å²) in [6.07, 6.45) is 1.76. The average molecular weight is 218 g/mol. The van der Waals surface area contributed by atoms with Crippen molar-refractivity contribution < 1.29 is 0 Å². The third-order valence-corrected chi connectivity index (χ3v) is 2.44. The number of nitrogens with two attached hydrogens (primary N) is 2. The minimum atomic E-state index is 0.179. The van der Waals surface area contributed by atoms with E-state index in [1.807, 2.05) is 18.5 Å². The fourth-order valence-electron chi connectivity index (χ4n) is 1.64. The Morgan fingerprint density at radius 2 is 2.06 bits per heavy atom. The van der Waals surface area contributed by atoms with E-state index in [1.54, 1.807) is 12.3 Å². The summed E-state index contributed by atoms with van der Waals surface area (Å²) >= 11 is 0. The molecule has 6 nitrogen and oxygen atoms in total. The van der Waals surface area contributed by atoms with Crippen LogP contribution in [0.15, 0.2) is 12.3 Å². The highest BCUT2D eigenvalue weighted by molar-refractivity contribution is 5.64. The van der Waals surface area contributed by atoms with Gasteiger partial charge in [0.2, 0.25) is 5.95 Å². The zero-order valence-electron chi connectivity index (χ0n) is 9.31. The molecule has 0 atom stereocenters. The van der Waals surface area contributed by atoms with Crippen LogP contribution < -0.4 is 11.5 Å². The first-order valence-corrected chi connectivity index (χ1v) is 5.04. The van der Waals surface area contributed by atoms with Gasteiger partial charge in [0.15, 0.2) is 0 Å². The Bertz CT molecular complexity index is 496. The Morgan fingerprint density at radius 3 is 2.62 bits per heavy atom. The van der Waals surface area contributed by atoms with Crippen molar-refractivity contribution in [3.63, 3.8) is 0 Å². The van der Waals surface area contributed by atoms with Gasteiger partial charge in [-0.05, 0) is 13.8 Å². The Morgan fingerprint density at radius 1 is 1.31 bits per heavy atom. The number of anilines is 2. The maximum atomic E-state index is 5.63. The Hall–Kier alpha value is -2.11. The third kappa shape index (κ3) is 1.69. The molecule has 2 rings (SSSR count). The second kappa shape index (κ2) is 3.80. The van der Waals surface area contributed by atoms with Gasteiger partial charge in [-0.15, -0.1) is 0 Å². The van der Waals surface area contributed by atoms with E-state index in [0.717, 1.165) is 17.8 Å². The summed E-state index contributed by atoms with van der Waals surface area (Å²) in [6.45, 7) is 4.84. The van der Waals surface area contributed by atoms with Gasteiger partial charge in [0.25, 0.3) is 0 Å². The second-order valence-electron chi connectivity index (χ2n) is 3.50. The van der Waals surface area contributed by atoms with Crippen molar-refractivity contribution in [2.24, 2.45) is 0 Å². The van der Waals surface area contributed by atoms with Gasteiger partial charge < -0.3 is 11.5 Å². The monoisotopic (exact) mass is 218 g/mol. The quantitative estimate of drug-likeness (QED) is 0.778. The lowest BCUT2D eigenvalue weighted by molar-refractivity contribution is 0.640. The number of aromatic nitrogens is 4. The van der Waals surface area contributed by atoms with Crippen LogP contribution in [-0.4, -0.2) is 19.7 Å². The number of nitrogen functional groups attached to an aromatic ring is 2. The molecule has 0 aromatic carbocycles. The largest absolute Gasteiger partial charge is 0.384 e. The summed E-state index contributed by atoms with van der Waals surface area (Å²) in [7, 11) is 0. The normalized spacial score (nSPS) is 10.6. The molecular weight excluding hydrogens is 204 g/mol. The lowest BCUT2D eigenvalue weighted by Gasteiger charge is -2.03. The number of rotatable bonds is 2. The van der Waals surface area contributed by atoms with Gasteiger partial charge in [-0.3, -0.25) is 4.68 Å². The number of hydrogen-bond acceptors (Lipinski definition) is 5. The smallest absolute Gasteiger partial charge is 0.222 e. The van der Waals surface area contributed by atoms with Crippen molar-refractivity contribution in [2.45, 2.75) is 20.4 Å². The summed E-state index contributed by atoms with van der Waals surface area (Å²) < 4.78 is 1.89. The fraction of sp³-hybridized carbons (Fsp3) is 0.300. The van der Waals surface area contributed by atoms with E-state index < -0.39 is 0 Å². The first kappa shape index (κ1) is 10.4. The predicted molar refractivity (Wildman–Crippen MR) is 62.5 cm³/mol. The van der Waals surface area contributed by atoms with Crippen molar-refractivity contribution in [3.05, 3.63) is 18.0 Å². The van der Waals surface area contributed by atoms with Crippen LogP contribution in [0.1, 0.15) is 12.6 Å². The SMILES string of the molecule is CCn1ncc(-c2cc(N)nc(N)n2)c1C. The summed E-state index contributed by atoms with van der Waals surface area (Å²) in [4.78, 5) is 7.98. The summed E-state index contributed by atoms with van der Waals surface area (Å²) in [5.74, 6) is 0.546. The third-order valence-electron chi connectivity index (χ3n) is 2.44. The zero-order valence-corrected chi connectivity index (χ0v) is 9.31. The van der Waals surface area contributed by atoms with E-state index in [4.69, 9.17) is 11.5 Å². The molecule has 2 aromatic rings. The van der Waals surface area contributed by atoms with Crippen LogP contribution in [0, 0.1) is 6.92 Å². The van der Waals surface area contributed by atoms with E-state index in [2.05, 4.69) is 15.1 Å². The molecule has 6 heteroatoms. The maximum Gasteiger partial charge on any atom is 0.222 e. The first-order chi connectivity index (χ1) is 7.61. The molecule has 2 heterocycles. The van der Waals surface area contributed by atoms with Crippen LogP contribution in [0.2, 0.25) is 0 Å². The van der Waals surface area contributed by atoms with Gasteiger partial charge in [-0.1, -0.05) is 0 Å². The molecule has 0 aliphatic heterocycles. The number of aryl methyl sites for hydroxylation is 1. The van der Waals surface area contributed by atoms with Crippen molar-refractivity contribution in [3.8, 4) is 11.3 Å². The standard InChI is InChI=1S/C10H14N6/c1-3-16-6(2)7(5-13-16)8-4-9(11)15-10(12)14-8/h4-5H,3H2,1-2H3,(H4,11,12,14,15). The fourth-order valence-corrected chi connectivity index (χ4v) is 1.64. The van der Waals surface area contributed by atoms with Crippen molar-refractivity contribution in [1.29, 1.82) is 0 Å². The highest BCUT2D eigenvalue weighted by Crippen LogP contribution is 2.22. The number of hydrogen-bond donors (Lipinski definition) is 2. The van der Waals surface area contributed by atoms with E-state index in [0.29, 0.717) is 11.5 Å². The van der Waals surface area contributed by atoms with Crippen molar-refractivity contribution in [1.82, 2.24) is 19.7 Å². The Kier molecular flexibility index (Phi) is 2.47. The summed E-state index contributed by atoms with van der Waals surface area (Å²) in [6, 6.07) is 1.69. The molecule has 0 aliphatic carbocycles. The zero-order chi connectivity index (χ0) is 11.7. The van der Waals surface area contributed by atoms with Crippen LogP contribution in [-0.2, 0) is 6.54 Å². The number of nitrogens with zero attached hydrogens (tertiary/aromatic N) is 4. The van der Waals surface area contributed by atoms with Crippen molar-refractivity contribution >= 4 is 11.8 Å². The molecular formula is C10H14N6. The molecule has 0 spiro atoms. The molecule has 0 radical (unpaired) electrons. The molecule has 4 N–H and O–H groups in total. The lowest BCUT2D eigenvalue weighted by Crippen LogP contribution is -2.02. The average Bonchev–Trinajstić information content (AvgIpc) is 2.58. The Balaban J connectivity index is 2.54. The molecule has 0 bridgehead atoms. The van der Waals surface area contributed by atoms with Crippen LogP contribution in [0.4, 0.5) is 11.8 Å². The van der Waals surface area contributed by atoms with Crippen LogP contribution in [0.25, 0.3) is 11.3 Å².